The van der Waals surface area contributed by atoms with E-state index < -0.39 is 0 Å². The molecule has 0 bridgehead atoms. The Kier molecular flexibility index (Phi) is 4.46. The molecule has 2 heteroatoms. The molecule has 1 aromatic heterocycles. The standard InChI is InChI=1S/C15H16FN/c1-5-8-9-11-13-12(4)17(16)15(7-3)14(13)10-6-2/h5-11H,1,3-4H2,2H3/b9-8-,10-6-,13-11+. The molecule has 0 saturated heterocycles. The fourth-order valence-corrected chi connectivity index (χ4v) is 1.60. The zero-order valence-electron chi connectivity index (χ0n) is 9.99. The Morgan fingerprint density at radius 3 is 2.47 bits per heavy atom. The quantitative estimate of drug-likeness (QED) is 0.700. The van der Waals surface area contributed by atoms with Gasteiger partial charge in [0.2, 0.25) is 0 Å². The molecule has 0 spiro atoms. The van der Waals surface area contributed by atoms with Gasteiger partial charge in [-0.1, -0.05) is 60.7 Å². The lowest BCUT2D eigenvalue weighted by atomic mass is 10.1. The normalized spacial score (nSPS) is 12.7. The summed E-state index contributed by atoms with van der Waals surface area (Å²) in [6, 6.07) is 0. The van der Waals surface area contributed by atoms with Gasteiger partial charge in [0.1, 0.15) is 0 Å². The number of halogens is 1. The highest BCUT2D eigenvalue weighted by Crippen LogP contribution is 2.07. The van der Waals surface area contributed by atoms with E-state index in [1.165, 1.54) is 6.08 Å². The van der Waals surface area contributed by atoms with Crippen LogP contribution in [0.1, 0.15) is 18.2 Å². The van der Waals surface area contributed by atoms with Crippen molar-refractivity contribution in [1.82, 2.24) is 4.79 Å². The number of nitrogens with zero attached hydrogens (tertiary/aromatic N) is 1. The second-order valence-corrected chi connectivity index (χ2v) is 3.43. The second kappa shape index (κ2) is 5.85. The number of hydrogen-bond donors (Lipinski definition) is 0. The summed E-state index contributed by atoms with van der Waals surface area (Å²) in [5.41, 5.74) is 1.20. The topological polar surface area (TPSA) is 4.93 Å². The van der Waals surface area contributed by atoms with Gasteiger partial charge in [0.15, 0.2) is 0 Å². The molecule has 0 atom stereocenters. The summed E-state index contributed by atoms with van der Waals surface area (Å²) in [6.45, 7) is 12.8. The Balaban J connectivity index is 3.64. The monoisotopic (exact) mass is 229 g/mol. The van der Waals surface area contributed by atoms with Gasteiger partial charge in [0, 0.05) is 10.8 Å². The summed E-state index contributed by atoms with van der Waals surface area (Å²) in [5.74, 6) is 0. The van der Waals surface area contributed by atoms with Crippen molar-refractivity contribution in [3.63, 3.8) is 0 Å². The van der Waals surface area contributed by atoms with E-state index in [1.54, 1.807) is 18.2 Å². The molecule has 0 radical (unpaired) electrons. The molecular weight excluding hydrogens is 213 g/mol. The van der Waals surface area contributed by atoms with Crippen LogP contribution in [0.4, 0.5) is 4.48 Å². The first kappa shape index (κ1) is 13.0. The minimum absolute atomic E-state index is 0.321. The van der Waals surface area contributed by atoms with Crippen LogP contribution in [-0.4, -0.2) is 4.79 Å². The fraction of sp³-hybridized carbons (Fsp3) is 0.0667. The maximum atomic E-state index is 13.8. The third kappa shape index (κ3) is 2.53. The highest BCUT2D eigenvalue weighted by atomic mass is 19.2. The maximum Gasteiger partial charge on any atom is 0.0820 e. The van der Waals surface area contributed by atoms with Crippen LogP contribution < -0.4 is 10.6 Å². The summed E-state index contributed by atoms with van der Waals surface area (Å²) >= 11 is 0. The third-order valence-electron chi connectivity index (χ3n) is 2.36. The summed E-state index contributed by atoms with van der Waals surface area (Å²) in [4.78, 5) is 0.552. The van der Waals surface area contributed by atoms with Crippen LogP contribution in [0.15, 0.2) is 37.5 Å². The van der Waals surface area contributed by atoms with Crippen molar-refractivity contribution >= 4 is 24.8 Å². The van der Waals surface area contributed by atoms with Crippen LogP contribution in [0.25, 0.3) is 24.8 Å². The SMILES string of the molecule is C=C/C=C\C=c1\c(/C=C\C)c(C=C)n(F)c1=C. The molecule has 0 amide bonds. The largest absolute Gasteiger partial charge is 0.179 e. The Morgan fingerprint density at radius 2 is 1.94 bits per heavy atom. The maximum absolute atomic E-state index is 13.8. The van der Waals surface area contributed by atoms with Gasteiger partial charge in [-0.15, -0.1) is 0 Å². The fourth-order valence-electron chi connectivity index (χ4n) is 1.60. The van der Waals surface area contributed by atoms with Gasteiger partial charge in [0.25, 0.3) is 0 Å². The number of aromatic nitrogens is 1. The van der Waals surface area contributed by atoms with E-state index in [1.807, 2.05) is 25.2 Å². The van der Waals surface area contributed by atoms with Crippen molar-refractivity contribution in [2.45, 2.75) is 6.92 Å². The molecule has 0 fully saturated rings. The zero-order valence-corrected chi connectivity index (χ0v) is 9.99. The predicted molar refractivity (Wildman–Crippen MR) is 74.3 cm³/mol. The molecule has 1 aromatic rings. The smallest absolute Gasteiger partial charge is 0.0820 e. The van der Waals surface area contributed by atoms with Gasteiger partial charge < -0.3 is 0 Å². The van der Waals surface area contributed by atoms with Gasteiger partial charge in [-0.05, 0) is 13.0 Å². The lowest BCUT2D eigenvalue weighted by molar-refractivity contribution is 0.356. The molecule has 0 unspecified atom stereocenters. The summed E-state index contributed by atoms with van der Waals surface area (Å²) < 4.78 is 13.8. The van der Waals surface area contributed by atoms with Crippen LogP contribution in [-0.2, 0) is 0 Å². The van der Waals surface area contributed by atoms with Crippen molar-refractivity contribution in [3.8, 4) is 0 Å². The lowest BCUT2D eigenvalue weighted by Gasteiger charge is -1.93. The van der Waals surface area contributed by atoms with Crippen molar-refractivity contribution in [1.29, 1.82) is 0 Å². The lowest BCUT2D eigenvalue weighted by Crippen LogP contribution is -2.25. The summed E-state index contributed by atoms with van der Waals surface area (Å²) in [6.07, 6.45) is 12.2. The van der Waals surface area contributed by atoms with E-state index in [0.29, 0.717) is 15.8 Å². The predicted octanol–water partition coefficient (Wildman–Crippen LogP) is 2.83. The molecule has 0 saturated carbocycles. The van der Waals surface area contributed by atoms with Gasteiger partial charge in [-0.2, -0.15) is 4.79 Å². The van der Waals surface area contributed by atoms with Gasteiger partial charge in [-0.3, -0.25) is 0 Å². The summed E-state index contributed by atoms with van der Waals surface area (Å²) in [7, 11) is 0. The van der Waals surface area contributed by atoms with E-state index >= 15 is 0 Å². The van der Waals surface area contributed by atoms with Gasteiger partial charge in [-0.25, -0.2) is 0 Å². The molecule has 0 aliphatic heterocycles. The highest BCUT2D eigenvalue weighted by molar-refractivity contribution is 5.65. The van der Waals surface area contributed by atoms with Crippen LogP contribution in [0.5, 0.6) is 0 Å². The van der Waals surface area contributed by atoms with Gasteiger partial charge >= 0.3 is 0 Å². The van der Waals surface area contributed by atoms with Crippen LogP contribution in [0.2, 0.25) is 0 Å². The first-order valence-electron chi connectivity index (χ1n) is 5.31. The molecule has 0 aliphatic rings. The zero-order chi connectivity index (χ0) is 12.8. The Hall–Kier alpha value is -2.09. The number of hydrogen-bond acceptors (Lipinski definition) is 0. The van der Waals surface area contributed by atoms with E-state index in [-0.39, 0.29) is 0 Å². The van der Waals surface area contributed by atoms with Crippen LogP contribution in [0.3, 0.4) is 0 Å². The molecule has 17 heavy (non-hydrogen) atoms. The van der Waals surface area contributed by atoms with Crippen molar-refractivity contribution in [2.75, 3.05) is 0 Å². The Labute approximate surface area is 101 Å². The molecule has 0 aromatic carbocycles. The average molecular weight is 229 g/mol. The van der Waals surface area contributed by atoms with E-state index in [2.05, 4.69) is 19.7 Å². The first-order chi connectivity index (χ1) is 8.17. The highest BCUT2D eigenvalue weighted by Gasteiger charge is 2.07. The summed E-state index contributed by atoms with van der Waals surface area (Å²) in [5, 5.41) is 1.07. The van der Waals surface area contributed by atoms with Crippen LogP contribution in [0, 0.1) is 0 Å². The van der Waals surface area contributed by atoms with Crippen molar-refractivity contribution < 1.29 is 4.48 Å². The molecule has 0 aliphatic carbocycles. The van der Waals surface area contributed by atoms with Gasteiger partial charge in [0.05, 0.1) is 11.0 Å². The Bertz CT molecular complexity index is 585. The van der Waals surface area contributed by atoms with Crippen LogP contribution >= 0.6 is 0 Å². The third-order valence-corrected chi connectivity index (χ3v) is 2.36. The minimum atomic E-state index is 0.321. The van der Waals surface area contributed by atoms with E-state index in [4.69, 9.17) is 0 Å². The molecule has 88 valence electrons. The number of rotatable bonds is 4. The van der Waals surface area contributed by atoms with E-state index in [0.717, 1.165) is 10.8 Å². The van der Waals surface area contributed by atoms with Crippen molar-refractivity contribution in [3.05, 3.63) is 59.3 Å². The molecule has 1 rings (SSSR count). The van der Waals surface area contributed by atoms with E-state index in [9.17, 15) is 4.48 Å². The Morgan fingerprint density at radius 1 is 1.24 bits per heavy atom. The number of allylic oxidation sites excluding steroid dienone is 4. The molecule has 1 heterocycles. The minimum Gasteiger partial charge on any atom is -0.179 e. The first-order valence-corrected chi connectivity index (χ1v) is 5.31. The van der Waals surface area contributed by atoms with Crippen molar-refractivity contribution in [2.24, 2.45) is 0 Å². The molecular formula is C15H16FN. The molecule has 1 nitrogen and oxygen atoms in total. The molecule has 0 N–H and O–H groups in total. The second-order valence-electron chi connectivity index (χ2n) is 3.43. The average Bonchev–Trinajstić information content (AvgIpc) is 2.54.